The zero-order valence-corrected chi connectivity index (χ0v) is 10.4. The summed E-state index contributed by atoms with van der Waals surface area (Å²) < 4.78 is 1.02. The first-order chi connectivity index (χ1) is 6.63. The van der Waals surface area contributed by atoms with E-state index < -0.39 is 0 Å². The van der Waals surface area contributed by atoms with Crippen molar-refractivity contribution in [1.29, 1.82) is 0 Å². The molecule has 0 fully saturated rings. The highest BCUT2D eigenvalue weighted by Crippen LogP contribution is 2.27. The van der Waals surface area contributed by atoms with Gasteiger partial charge in [0.15, 0.2) is 4.34 Å². The topological polar surface area (TPSA) is 55.0 Å². The van der Waals surface area contributed by atoms with Gasteiger partial charge in [-0.05, 0) is 12.5 Å². The number of hydrogen-bond donors (Lipinski definition) is 1. The molecule has 1 heterocycles. The third-order valence-corrected chi connectivity index (χ3v) is 4.23. The van der Waals surface area contributed by atoms with Crippen molar-refractivity contribution in [3.8, 4) is 0 Å². The summed E-state index contributed by atoms with van der Waals surface area (Å²) in [5.41, 5.74) is 5.54. The monoisotopic (exact) mass is 232 g/mol. The molecule has 2 N–H and O–H groups in total. The Balaban J connectivity index is 2.44. The molecule has 0 aliphatic rings. The SMILES string of the molecule is CC(CN)CSc1nnc(N(C)C)s1. The fraction of sp³-hybridized carbons (Fsp3) is 0.750. The maximum absolute atomic E-state index is 5.54. The molecular formula is C8H16N4S2. The van der Waals surface area contributed by atoms with Crippen LogP contribution in [0.1, 0.15) is 6.92 Å². The summed E-state index contributed by atoms with van der Waals surface area (Å²) in [6, 6.07) is 0. The maximum Gasteiger partial charge on any atom is 0.208 e. The molecule has 1 aromatic heterocycles. The van der Waals surface area contributed by atoms with E-state index in [4.69, 9.17) is 5.73 Å². The summed E-state index contributed by atoms with van der Waals surface area (Å²) in [7, 11) is 3.94. The van der Waals surface area contributed by atoms with Gasteiger partial charge in [-0.2, -0.15) is 0 Å². The van der Waals surface area contributed by atoms with E-state index in [-0.39, 0.29) is 0 Å². The molecule has 0 amide bonds. The van der Waals surface area contributed by atoms with E-state index in [9.17, 15) is 0 Å². The molecule has 0 aliphatic heterocycles. The quantitative estimate of drug-likeness (QED) is 0.775. The molecule has 0 saturated carbocycles. The Morgan fingerprint density at radius 2 is 2.21 bits per heavy atom. The van der Waals surface area contributed by atoms with E-state index in [2.05, 4.69) is 17.1 Å². The first-order valence-corrected chi connectivity index (χ1v) is 6.27. The Kier molecular flexibility index (Phi) is 4.64. The average Bonchev–Trinajstić information content (AvgIpc) is 2.62. The van der Waals surface area contributed by atoms with Crippen LogP contribution >= 0.6 is 23.1 Å². The highest BCUT2D eigenvalue weighted by molar-refractivity contribution is 8.01. The first kappa shape index (κ1) is 11.7. The Bertz CT molecular complexity index is 274. The van der Waals surface area contributed by atoms with E-state index in [1.165, 1.54) is 0 Å². The molecular weight excluding hydrogens is 216 g/mol. The smallest absolute Gasteiger partial charge is 0.208 e. The van der Waals surface area contributed by atoms with Crippen LogP contribution in [0, 0.1) is 5.92 Å². The predicted molar refractivity (Wildman–Crippen MR) is 63.2 cm³/mol. The first-order valence-electron chi connectivity index (χ1n) is 4.47. The van der Waals surface area contributed by atoms with Crippen LogP contribution in [-0.2, 0) is 0 Å². The molecule has 1 aromatic rings. The molecule has 0 aliphatic carbocycles. The number of thioether (sulfide) groups is 1. The van der Waals surface area contributed by atoms with Gasteiger partial charge in [0.05, 0.1) is 0 Å². The molecule has 1 atom stereocenters. The Morgan fingerprint density at radius 1 is 1.50 bits per heavy atom. The van der Waals surface area contributed by atoms with Crippen LogP contribution in [0.5, 0.6) is 0 Å². The number of rotatable bonds is 5. The maximum atomic E-state index is 5.54. The summed E-state index contributed by atoms with van der Waals surface area (Å²) in [5, 5.41) is 9.11. The van der Waals surface area contributed by atoms with Crippen molar-refractivity contribution in [1.82, 2.24) is 10.2 Å². The van der Waals surface area contributed by atoms with Gasteiger partial charge in [0, 0.05) is 19.8 Å². The second-order valence-electron chi connectivity index (χ2n) is 3.40. The van der Waals surface area contributed by atoms with Crippen molar-refractivity contribution in [3.63, 3.8) is 0 Å². The second kappa shape index (κ2) is 5.53. The Labute approximate surface area is 92.9 Å². The van der Waals surface area contributed by atoms with Crippen molar-refractivity contribution in [2.75, 3.05) is 31.3 Å². The lowest BCUT2D eigenvalue weighted by molar-refractivity contribution is 0.675. The van der Waals surface area contributed by atoms with Crippen LogP contribution < -0.4 is 10.6 Å². The fourth-order valence-corrected chi connectivity index (χ4v) is 2.55. The number of hydrogen-bond acceptors (Lipinski definition) is 6. The molecule has 14 heavy (non-hydrogen) atoms. The van der Waals surface area contributed by atoms with Crippen LogP contribution in [-0.4, -0.2) is 36.6 Å². The third kappa shape index (κ3) is 3.43. The van der Waals surface area contributed by atoms with Crippen LogP contribution in [0.4, 0.5) is 5.13 Å². The summed E-state index contributed by atoms with van der Waals surface area (Å²) in [6.07, 6.45) is 0. The van der Waals surface area contributed by atoms with E-state index in [0.29, 0.717) is 5.92 Å². The van der Waals surface area contributed by atoms with Crippen molar-refractivity contribution in [2.45, 2.75) is 11.3 Å². The number of nitrogens with two attached hydrogens (primary N) is 1. The standard InChI is InChI=1S/C8H16N4S2/c1-6(4-9)5-13-8-11-10-7(14-8)12(2)3/h6H,4-5,9H2,1-3H3. The lowest BCUT2D eigenvalue weighted by Crippen LogP contribution is -2.12. The Morgan fingerprint density at radius 3 is 2.71 bits per heavy atom. The Hall–Kier alpha value is -0.330. The molecule has 1 rings (SSSR count). The molecule has 0 radical (unpaired) electrons. The fourth-order valence-electron chi connectivity index (χ4n) is 0.723. The summed E-state index contributed by atoms with van der Waals surface area (Å²) in [5.74, 6) is 1.55. The summed E-state index contributed by atoms with van der Waals surface area (Å²) in [4.78, 5) is 1.97. The molecule has 4 nitrogen and oxygen atoms in total. The largest absolute Gasteiger partial charge is 0.353 e. The van der Waals surface area contributed by atoms with E-state index in [1.807, 2.05) is 19.0 Å². The lowest BCUT2D eigenvalue weighted by Gasteiger charge is -2.05. The van der Waals surface area contributed by atoms with Crippen molar-refractivity contribution < 1.29 is 0 Å². The van der Waals surface area contributed by atoms with Gasteiger partial charge >= 0.3 is 0 Å². The zero-order chi connectivity index (χ0) is 10.6. The van der Waals surface area contributed by atoms with Crippen molar-refractivity contribution >= 4 is 28.2 Å². The second-order valence-corrected chi connectivity index (χ2v) is 5.62. The third-order valence-electron chi connectivity index (χ3n) is 1.67. The van der Waals surface area contributed by atoms with Gasteiger partial charge in [-0.15, -0.1) is 10.2 Å². The summed E-state index contributed by atoms with van der Waals surface area (Å²) >= 11 is 3.35. The number of nitrogens with zero attached hydrogens (tertiary/aromatic N) is 3. The van der Waals surface area contributed by atoms with Crippen molar-refractivity contribution in [2.24, 2.45) is 11.7 Å². The highest BCUT2D eigenvalue weighted by atomic mass is 32.2. The predicted octanol–water partition coefficient (Wildman–Crippen LogP) is 1.29. The number of aromatic nitrogens is 2. The minimum atomic E-state index is 0.534. The van der Waals surface area contributed by atoms with Gasteiger partial charge in [-0.25, -0.2) is 0 Å². The van der Waals surface area contributed by atoms with E-state index in [1.54, 1.807) is 23.1 Å². The molecule has 80 valence electrons. The van der Waals surface area contributed by atoms with Crippen molar-refractivity contribution in [3.05, 3.63) is 0 Å². The lowest BCUT2D eigenvalue weighted by atomic mass is 10.2. The van der Waals surface area contributed by atoms with Crippen LogP contribution in [0.25, 0.3) is 0 Å². The van der Waals surface area contributed by atoms with E-state index >= 15 is 0 Å². The van der Waals surface area contributed by atoms with Gasteiger partial charge in [0.25, 0.3) is 0 Å². The highest BCUT2D eigenvalue weighted by Gasteiger charge is 2.07. The normalized spacial score (nSPS) is 12.9. The molecule has 0 spiro atoms. The van der Waals surface area contributed by atoms with Crippen LogP contribution in [0.2, 0.25) is 0 Å². The summed E-state index contributed by atoms with van der Waals surface area (Å²) in [6.45, 7) is 2.87. The minimum absolute atomic E-state index is 0.534. The number of anilines is 1. The molecule has 0 saturated heterocycles. The molecule has 6 heteroatoms. The average molecular weight is 232 g/mol. The van der Waals surface area contributed by atoms with Gasteiger partial charge in [-0.1, -0.05) is 30.0 Å². The minimum Gasteiger partial charge on any atom is -0.353 e. The van der Waals surface area contributed by atoms with Crippen LogP contribution in [0.15, 0.2) is 4.34 Å². The van der Waals surface area contributed by atoms with E-state index in [0.717, 1.165) is 21.8 Å². The van der Waals surface area contributed by atoms with Gasteiger partial charge in [0.2, 0.25) is 5.13 Å². The zero-order valence-electron chi connectivity index (χ0n) is 8.73. The molecule has 1 unspecified atom stereocenters. The van der Waals surface area contributed by atoms with Crippen LogP contribution in [0.3, 0.4) is 0 Å². The van der Waals surface area contributed by atoms with Gasteiger partial charge in [0.1, 0.15) is 0 Å². The van der Waals surface area contributed by atoms with Gasteiger partial charge < -0.3 is 10.6 Å². The van der Waals surface area contributed by atoms with Gasteiger partial charge in [-0.3, -0.25) is 0 Å². The molecule has 0 bridgehead atoms. The molecule has 0 aromatic carbocycles.